The minimum absolute atomic E-state index is 0.141. The van der Waals surface area contributed by atoms with Gasteiger partial charge < -0.3 is 21.4 Å². The average molecular weight is 362 g/mol. The van der Waals surface area contributed by atoms with Crippen molar-refractivity contribution in [3.8, 4) is 0 Å². The van der Waals surface area contributed by atoms with Gasteiger partial charge in [0.15, 0.2) is 0 Å². The highest BCUT2D eigenvalue weighted by Crippen LogP contribution is 2.10. The van der Waals surface area contributed by atoms with E-state index in [1.807, 2.05) is 57.3 Å². The fourth-order valence-electron chi connectivity index (χ4n) is 1.88. The minimum atomic E-state index is 0.141. The summed E-state index contributed by atoms with van der Waals surface area (Å²) in [5.74, 6) is 5.70. The van der Waals surface area contributed by atoms with E-state index in [1.165, 1.54) is 6.20 Å². The molecule has 0 aliphatic carbocycles. The first kappa shape index (κ1) is 25.7. The van der Waals surface area contributed by atoms with Crippen molar-refractivity contribution >= 4 is 11.6 Å². The first-order chi connectivity index (χ1) is 12.6. The highest BCUT2D eigenvalue weighted by molar-refractivity contribution is 5.77. The number of hydrogen-bond acceptors (Lipinski definition) is 5. The molecule has 0 saturated carbocycles. The fourth-order valence-corrected chi connectivity index (χ4v) is 1.88. The largest absolute Gasteiger partial charge is 0.405 e. The van der Waals surface area contributed by atoms with Gasteiger partial charge in [-0.25, -0.2) is 0 Å². The van der Waals surface area contributed by atoms with Crippen molar-refractivity contribution in [2.45, 2.75) is 20.3 Å². The summed E-state index contributed by atoms with van der Waals surface area (Å²) in [7, 11) is 1.84. The predicted octanol–water partition coefficient (Wildman–Crippen LogP) is 2.23. The maximum absolute atomic E-state index is 12.0. The van der Waals surface area contributed by atoms with Crippen molar-refractivity contribution in [2.24, 2.45) is 11.6 Å². The Morgan fingerprint density at radius 3 is 2.23 bits per heavy atom. The lowest BCUT2D eigenvalue weighted by Crippen LogP contribution is -2.33. The molecule has 0 bridgehead atoms. The van der Waals surface area contributed by atoms with Crippen LogP contribution < -0.4 is 22.3 Å². The van der Waals surface area contributed by atoms with Crippen molar-refractivity contribution in [1.82, 2.24) is 15.6 Å². The number of nitrogens with two attached hydrogens (primary N) is 2. The van der Waals surface area contributed by atoms with Crippen LogP contribution in [0.15, 0.2) is 61.8 Å². The normalized spacial score (nSPS) is 9.62. The summed E-state index contributed by atoms with van der Waals surface area (Å²) >= 11 is 0. The lowest BCUT2D eigenvalue weighted by atomic mass is 10.1. The van der Waals surface area contributed by atoms with Gasteiger partial charge in [0, 0.05) is 26.1 Å². The molecule has 0 aliphatic heterocycles. The number of carbonyl (C=O) groups is 1. The molecule has 1 aromatic carbocycles. The van der Waals surface area contributed by atoms with Crippen LogP contribution in [0.4, 0.5) is 0 Å². The molecule has 0 atom stereocenters. The number of hydrogen-bond donors (Lipinski definition) is 4. The van der Waals surface area contributed by atoms with Crippen LogP contribution in [0.25, 0.3) is 5.70 Å². The molecular weight excluding hydrogens is 326 g/mol. The van der Waals surface area contributed by atoms with Gasteiger partial charge in [-0.1, -0.05) is 43.0 Å². The van der Waals surface area contributed by atoms with E-state index in [2.05, 4.69) is 29.6 Å². The zero-order valence-corrected chi connectivity index (χ0v) is 16.4. The summed E-state index contributed by atoms with van der Waals surface area (Å²) in [4.78, 5) is 13.8. The number of benzene rings is 1. The Balaban J connectivity index is 0. The van der Waals surface area contributed by atoms with Gasteiger partial charge >= 0.3 is 0 Å². The molecule has 0 radical (unpaired) electrons. The van der Waals surface area contributed by atoms with Gasteiger partial charge in [-0.2, -0.15) is 0 Å². The highest BCUT2D eigenvalue weighted by Gasteiger charge is 2.10. The molecule has 1 aromatic rings. The molecule has 6 N–H and O–H groups in total. The monoisotopic (exact) mass is 361 g/mol. The summed E-state index contributed by atoms with van der Waals surface area (Å²) in [6, 6.07) is 9.82. The molecule has 1 amide bonds. The standard InChI is InChI=1S/C15H24N4O.C3H6.C2H5N/c1-3-19(15(20)9-11-17-2)12-10-14(18-16)13-7-5-4-6-8-13;1-3-2;1-2-3/h4-8,10,17-18H,3,9,11-12,16H2,1-2H3;3H,1H2,2H3;2H,1,3H2/b14-10-;;. The predicted molar refractivity (Wildman–Crippen MR) is 113 cm³/mol. The molecule has 0 aromatic heterocycles. The third kappa shape index (κ3) is 12.8. The Bertz CT molecular complexity index is 508. The number of amides is 1. The van der Waals surface area contributed by atoms with Gasteiger partial charge in [0.05, 0.1) is 5.70 Å². The van der Waals surface area contributed by atoms with E-state index in [1.54, 1.807) is 11.0 Å². The van der Waals surface area contributed by atoms with Crippen LogP contribution in [0.3, 0.4) is 0 Å². The van der Waals surface area contributed by atoms with Crippen molar-refractivity contribution < 1.29 is 4.79 Å². The zero-order valence-electron chi connectivity index (χ0n) is 16.4. The molecule has 0 aliphatic rings. The van der Waals surface area contributed by atoms with Crippen LogP contribution in [0, 0.1) is 0 Å². The fraction of sp³-hybridized carbons (Fsp3) is 0.350. The van der Waals surface area contributed by atoms with Crippen LogP contribution in [-0.2, 0) is 4.79 Å². The van der Waals surface area contributed by atoms with E-state index in [9.17, 15) is 4.79 Å². The van der Waals surface area contributed by atoms with Crippen LogP contribution in [0.2, 0.25) is 0 Å². The zero-order chi connectivity index (χ0) is 20.2. The smallest absolute Gasteiger partial charge is 0.224 e. The highest BCUT2D eigenvalue weighted by atomic mass is 16.2. The molecule has 6 nitrogen and oxygen atoms in total. The summed E-state index contributed by atoms with van der Waals surface area (Å²) in [5.41, 5.74) is 9.13. The molecule has 0 unspecified atom stereocenters. The van der Waals surface area contributed by atoms with Crippen LogP contribution >= 0.6 is 0 Å². The first-order valence-electron chi connectivity index (χ1n) is 8.60. The Hall–Kier alpha value is -2.57. The number of allylic oxidation sites excluding steroid dienone is 1. The number of rotatable bonds is 8. The average Bonchev–Trinajstić information content (AvgIpc) is 2.65. The SMILES string of the molecule is C=CC.C=CN.CCN(C/C=C(\NN)c1ccccc1)C(=O)CCNC. The van der Waals surface area contributed by atoms with Crippen LogP contribution in [0.1, 0.15) is 25.8 Å². The number of nitrogens with one attached hydrogen (secondary N) is 2. The van der Waals surface area contributed by atoms with Gasteiger partial charge in [0.2, 0.25) is 5.91 Å². The maximum atomic E-state index is 12.0. The lowest BCUT2D eigenvalue weighted by Gasteiger charge is -2.20. The number of carbonyl (C=O) groups excluding carboxylic acids is 1. The maximum Gasteiger partial charge on any atom is 0.224 e. The molecule has 6 heteroatoms. The summed E-state index contributed by atoms with van der Waals surface area (Å²) in [5, 5.41) is 2.98. The number of likely N-dealkylation sites (N-methyl/N-ethyl adjacent to an activating group) is 1. The van der Waals surface area contributed by atoms with E-state index in [-0.39, 0.29) is 5.91 Å². The second-order valence-corrected chi connectivity index (χ2v) is 5.06. The molecule has 0 fully saturated rings. The molecule has 0 heterocycles. The number of nitrogens with zero attached hydrogens (tertiary/aromatic N) is 1. The molecule has 26 heavy (non-hydrogen) atoms. The van der Waals surface area contributed by atoms with Gasteiger partial charge in [-0.15, -0.1) is 6.58 Å². The summed E-state index contributed by atoms with van der Waals surface area (Å²) in [6.07, 6.45) is 5.45. The Labute approximate surface area is 158 Å². The van der Waals surface area contributed by atoms with Crippen molar-refractivity contribution in [3.05, 3.63) is 67.4 Å². The van der Waals surface area contributed by atoms with Crippen molar-refractivity contribution in [2.75, 3.05) is 26.7 Å². The van der Waals surface area contributed by atoms with Gasteiger partial charge in [-0.3, -0.25) is 10.6 Å². The Kier molecular flexibility index (Phi) is 18.5. The van der Waals surface area contributed by atoms with E-state index < -0.39 is 0 Å². The summed E-state index contributed by atoms with van der Waals surface area (Å²) in [6.45, 7) is 12.3. The van der Waals surface area contributed by atoms with Gasteiger partial charge in [-0.05, 0) is 38.7 Å². The Morgan fingerprint density at radius 2 is 1.81 bits per heavy atom. The molecular formula is C20H35N5O. The minimum Gasteiger partial charge on any atom is -0.405 e. The summed E-state index contributed by atoms with van der Waals surface area (Å²) < 4.78 is 0. The Morgan fingerprint density at radius 1 is 1.27 bits per heavy atom. The first-order valence-corrected chi connectivity index (χ1v) is 8.60. The van der Waals surface area contributed by atoms with Crippen molar-refractivity contribution in [1.29, 1.82) is 0 Å². The lowest BCUT2D eigenvalue weighted by molar-refractivity contribution is -0.130. The van der Waals surface area contributed by atoms with Gasteiger partial charge in [0.25, 0.3) is 0 Å². The third-order valence-electron chi connectivity index (χ3n) is 3.08. The van der Waals surface area contributed by atoms with E-state index in [0.29, 0.717) is 26.1 Å². The second kappa shape index (κ2) is 18.8. The third-order valence-corrected chi connectivity index (χ3v) is 3.08. The van der Waals surface area contributed by atoms with Crippen LogP contribution in [0.5, 0.6) is 0 Å². The van der Waals surface area contributed by atoms with Crippen molar-refractivity contribution in [3.63, 3.8) is 0 Å². The van der Waals surface area contributed by atoms with Crippen LogP contribution in [-0.4, -0.2) is 37.5 Å². The second-order valence-electron chi connectivity index (χ2n) is 5.06. The van der Waals surface area contributed by atoms with Gasteiger partial charge in [0.1, 0.15) is 0 Å². The van der Waals surface area contributed by atoms with E-state index in [0.717, 1.165) is 11.3 Å². The molecule has 0 spiro atoms. The molecule has 146 valence electrons. The number of hydrazine groups is 1. The molecule has 1 rings (SSSR count). The van der Waals surface area contributed by atoms with E-state index >= 15 is 0 Å². The van der Waals surface area contributed by atoms with E-state index in [4.69, 9.17) is 5.84 Å². The molecule has 0 saturated heterocycles. The quantitative estimate of drug-likeness (QED) is 0.323. The topological polar surface area (TPSA) is 96.4 Å².